The predicted molar refractivity (Wildman–Crippen MR) is 60.7 cm³/mol. The third kappa shape index (κ3) is 1.45. The van der Waals surface area contributed by atoms with Crippen molar-refractivity contribution in [3.8, 4) is 5.75 Å². The number of fused-ring (bicyclic) bond motifs is 1. The van der Waals surface area contributed by atoms with Crippen LogP contribution in [0.25, 0.3) is 11.1 Å². The topological polar surface area (TPSA) is 38.2 Å². The number of halogens is 2. The van der Waals surface area contributed by atoms with Crippen molar-refractivity contribution in [3.05, 3.63) is 20.4 Å². The van der Waals surface area contributed by atoms with Crippen molar-refractivity contribution >= 4 is 50.8 Å². The molecule has 0 unspecified atom stereocenters. The standard InChI is InChI=1S/C8H5BrClNO2S/c1-12-6-3(10)2-4-7(5(6)9)13-8(14)11-4/h2H,1H3,(H,11,14). The van der Waals surface area contributed by atoms with Gasteiger partial charge in [0.15, 0.2) is 11.3 Å². The molecule has 74 valence electrons. The first kappa shape index (κ1) is 10.0. The molecule has 0 aliphatic rings. The Kier molecular flexibility index (Phi) is 2.55. The van der Waals surface area contributed by atoms with E-state index in [-0.39, 0.29) is 0 Å². The maximum atomic E-state index is 5.97. The van der Waals surface area contributed by atoms with Crippen LogP contribution in [0.1, 0.15) is 0 Å². The van der Waals surface area contributed by atoms with Gasteiger partial charge in [0.25, 0.3) is 4.84 Å². The van der Waals surface area contributed by atoms with Gasteiger partial charge < -0.3 is 14.1 Å². The SMILES string of the molecule is COc1c(Cl)cc2[nH]c(=S)oc2c1Br. The molecule has 2 rings (SSSR count). The molecule has 0 saturated heterocycles. The zero-order valence-corrected chi connectivity index (χ0v) is 10.2. The second-order valence-electron chi connectivity index (χ2n) is 2.60. The van der Waals surface area contributed by atoms with E-state index < -0.39 is 0 Å². The van der Waals surface area contributed by atoms with E-state index >= 15 is 0 Å². The summed E-state index contributed by atoms with van der Waals surface area (Å²) in [7, 11) is 1.54. The minimum Gasteiger partial charge on any atom is -0.494 e. The van der Waals surface area contributed by atoms with Gasteiger partial charge in [-0.1, -0.05) is 11.6 Å². The zero-order chi connectivity index (χ0) is 10.3. The van der Waals surface area contributed by atoms with Crippen molar-refractivity contribution in [1.29, 1.82) is 0 Å². The highest BCUT2D eigenvalue weighted by molar-refractivity contribution is 9.10. The van der Waals surface area contributed by atoms with Crippen molar-refractivity contribution in [2.75, 3.05) is 7.11 Å². The summed E-state index contributed by atoms with van der Waals surface area (Å²) in [6.07, 6.45) is 0. The van der Waals surface area contributed by atoms with Crippen LogP contribution >= 0.6 is 39.7 Å². The Balaban J connectivity index is 2.91. The lowest BCUT2D eigenvalue weighted by Crippen LogP contribution is -1.86. The number of H-pyrrole nitrogens is 1. The van der Waals surface area contributed by atoms with E-state index in [0.717, 1.165) is 5.52 Å². The average Bonchev–Trinajstić information content (AvgIpc) is 2.47. The predicted octanol–water partition coefficient (Wildman–Crippen LogP) is 3.91. The highest BCUT2D eigenvalue weighted by Gasteiger charge is 2.13. The Morgan fingerprint density at radius 3 is 3.00 bits per heavy atom. The molecule has 0 aliphatic heterocycles. The molecule has 1 N–H and O–H groups in total. The Bertz CT molecular complexity index is 548. The number of hydrogen-bond acceptors (Lipinski definition) is 3. The van der Waals surface area contributed by atoms with E-state index in [1.54, 1.807) is 13.2 Å². The first-order valence-electron chi connectivity index (χ1n) is 3.68. The highest BCUT2D eigenvalue weighted by atomic mass is 79.9. The summed E-state index contributed by atoms with van der Waals surface area (Å²) in [5.41, 5.74) is 1.35. The molecule has 0 amide bonds. The normalized spacial score (nSPS) is 10.8. The molecule has 6 heteroatoms. The summed E-state index contributed by atoms with van der Waals surface area (Å²) >= 11 is 14.2. The lowest BCUT2D eigenvalue weighted by molar-refractivity contribution is 0.412. The number of hydrogen-bond donors (Lipinski definition) is 1. The number of aromatic nitrogens is 1. The van der Waals surface area contributed by atoms with Crippen LogP contribution in [0, 0.1) is 4.84 Å². The van der Waals surface area contributed by atoms with Crippen LogP contribution in [0.2, 0.25) is 5.02 Å². The van der Waals surface area contributed by atoms with Gasteiger partial charge in [-0.2, -0.15) is 0 Å². The van der Waals surface area contributed by atoms with Gasteiger partial charge in [0.1, 0.15) is 4.47 Å². The minimum absolute atomic E-state index is 0.310. The molecule has 1 aromatic heterocycles. The van der Waals surface area contributed by atoms with Crippen LogP contribution in [-0.4, -0.2) is 12.1 Å². The maximum Gasteiger partial charge on any atom is 0.266 e. The molecular weight excluding hydrogens is 290 g/mol. The molecular formula is C8H5BrClNO2S. The molecule has 2 aromatic rings. The van der Waals surface area contributed by atoms with Crippen LogP contribution in [0.4, 0.5) is 0 Å². The number of nitrogens with one attached hydrogen (secondary N) is 1. The summed E-state index contributed by atoms with van der Waals surface area (Å²) in [5, 5.41) is 0.499. The van der Waals surface area contributed by atoms with Crippen LogP contribution in [0.15, 0.2) is 15.0 Å². The molecule has 3 nitrogen and oxygen atoms in total. The van der Waals surface area contributed by atoms with Crippen LogP contribution in [0.5, 0.6) is 5.75 Å². The summed E-state index contributed by atoms with van der Waals surface area (Å²) < 4.78 is 11.0. The molecule has 0 radical (unpaired) electrons. The zero-order valence-electron chi connectivity index (χ0n) is 7.06. The van der Waals surface area contributed by atoms with Gasteiger partial charge >= 0.3 is 0 Å². The fourth-order valence-corrected chi connectivity index (χ4v) is 2.45. The molecule has 1 heterocycles. The maximum absolute atomic E-state index is 5.97. The summed E-state index contributed by atoms with van der Waals surface area (Å²) in [4.78, 5) is 3.18. The largest absolute Gasteiger partial charge is 0.494 e. The molecule has 0 bridgehead atoms. The Morgan fingerprint density at radius 1 is 1.64 bits per heavy atom. The second kappa shape index (κ2) is 3.56. The lowest BCUT2D eigenvalue weighted by Gasteiger charge is -2.04. The highest BCUT2D eigenvalue weighted by Crippen LogP contribution is 2.38. The number of oxazole rings is 1. The number of aromatic amines is 1. The first-order valence-corrected chi connectivity index (χ1v) is 5.26. The summed E-state index contributed by atoms with van der Waals surface area (Å²) in [5.74, 6) is 0.539. The third-order valence-electron chi connectivity index (χ3n) is 1.77. The number of methoxy groups -OCH3 is 1. The molecule has 0 saturated carbocycles. The van der Waals surface area contributed by atoms with Crippen molar-refractivity contribution < 1.29 is 9.15 Å². The van der Waals surface area contributed by atoms with Gasteiger partial charge in [0.05, 0.1) is 17.6 Å². The van der Waals surface area contributed by atoms with Gasteiger partial charge in [0, 0.05) is 0 Å². The second-order valence-corrected chi connectivity index (χ2v) is 4.17. The lowest BCUT2D eigenvalue weighted by atomic mass is 10.3. The van der Waals surface area contributed by atoms with Crippen molar-refractivity contribution in [2.24, 2.45) is 0 Å². The van der Waals surface area contributed by atoms with Crippen LogP contribution in [0.3, 0.4) is 0 Å². The van der Waals surface area contributed by atoms with Gasteiger partial charge in [0.2, 0.25) is 0 Å². The molecule has 0 fully saturated rings. The number of benzene rings is 1. The summed E-state index contributed by atoms with van der Waals surface area (Å²) in [6, 6.07) is 1.71. The molecule has 14 heavy (non-hydrogen) atoms. The van der Waals surface area contributed by atoms with Crippen molar-refractivity contribution in [3.63, 3.8) is 0 Å². The quantitative estimate of drug-likeness (QED) is 0.810. The fraction of sp³-hybridized carbons (Fsp3) is 0.125. The van der Waals surface area contributed by atoms with Gasteiger partial charge in [-0.05, 0) is 34.2 Å². The van der Waals surface area contributed by atoms with E-state index in [9.17, 15) is 0 Å². The summed E-state index contributed by atoms with van der Waals surface area (Å²) in [6.45, 7) is 0. The molecule has 0 aliphatic carbocycles. The third-order valence-corrected chi connectivity index (χ3v) is 2.95. The van der Waals surface area contributed by atoms with Gasteiger partial charge in [-0.3, -0.25) is 0 Å². The molecule has 1 aromatic carbocycles. The van der Waals surface area contributed by atoms with E-state index in [2.05, 4.69) is 20.9 Å². The van der Waals surface area contributed by atoms with E-state index in [4.69, 9.17) is 33.0 Å². The number of ether oxygens (including phenoxy) is 1. The molecule has 0 atom stereocenters. The van der Waals surface area contributed by atoms with Crippen LogP contribution in [-0.2, 0) is 0 Å². The monoisotopic (exact) mass is 293 g/mol. The Morgan fingerprint density at radius 2 is 2.36 bits per heavy atom. The van der Waals surface area contributed by atoms with Gasteiger partial charge in [-0.25, -0.2) is 0 Å². The van der Waals surface area contributed by atoms with E-state index in [0.29, 0.717) is 25.7 Å². The van der Waals surface area contributed by atoms with Gasteiger partial charge in [-0.15, -0.1) is 0 Å². The van der Waals surface area contributed by atoms with Crippen LogP contribution < -0.4 is 4.74 Å². The average molecular weight is 295 g/mol. The molecule has 0 spiro atoms. The first-order chi connectivity index (χ1) is 6.63. The smallest absolute Gasteiger partial charge is 0.266 e. The number of rotatable bonds is 1. The Hall–Kier alpha value is -0.520. The van der Waals surface area contributed by atoms with E-state index in [1.165, 1.54) is 0 Å². The van der Waals surface area contributed by atoms with E-state index in [1.807, 2.05) is 0 Å². The minimum atomic E-state index is 0.310. The van der Waals surface area contributed by atoms with Crippen molar-refractivity contribution in [1.82, 2.24) is 4.98 Å². The fourth-order valence-electron chi connectivity index (χ4n) is 1.19. The van der Waals surface area contributed by atoms with Crippen molar-refractivity contribution in [2.45, 2.75) is 0 Å². The Labute approximate surface area is 98.1 Å².